The molecule has 3 nitrogen and oxygen atoms in total. The number of hydrogen-bond donors (Lipinski definition) is 1. The van der Waals surface area contributed by atoms with Gasteiger partial charge in [-0.2, -0.15) is 0 Å². The Kier molecular flexibility index (Phi) is 4.25. The van der Waals surface area contributed by atoms with Crippen molar-refractivity contribution in [3.05, 3.63) is 0 Å². The smallest absolute Gasteiger partial charge is 0.0710 e. The fourth-order valence-corrected chi connectivity index (χ4v) is 5.42. The lowest BCUT2D eigenvalue weighted by Gasteiger charge is -2.35. The Morgan fingerprint density at radius 1 is 0.952 bits per heavy atom. The van der Waals surface area contributed by atoms with Gasteiger partial charge < -0.3 is 10.1 Å². The van der Waals surface area contributed by atoms with E-state index in [1.165, 1.54) is 90.3 Å². The van der Waals surface area contributed by atoms with Gasteiger partial charge in [-0.1, -0.05) is 19.3 Å². The third kappa shape index (κ3) is 3.02. The number of nitrogens with one attached hydrogen (secondary N) is 1. The zero-order valence-corrected chi connectivity index (χ0v) is 13.5. The highest BCUT2D eigenvalue weighted by Crippen LogP contribution is 2.42. The average Bonchev–Trinajstić information content (AvgIpc) is 3.22. The fraction of sp³-hybridized carbons (Fsp3) is 1.00. The Morgan fingerprint density at radius 2 is 1.86 bits per heavy atom. The van der Waals surface area contributed by atoms with E-state index in [0.29, 0.717) is 11.7 Å². The minimum Gasteiger partial charge on any atom is -0.370 e. The average molecular weight is 292 g/mol. The molecule has 4 rings (SSSR count). The Hall–Kier alpha value is -0.120. The van der Waals surface area contributed by atoms with Gasteiger partial charge in [-0.15, -0.1) is 0 Å². The molecule has 1 spiro atoms. The molecular weight excluding hydrogens is 260 g/mol. The summed E-state index contributed by atoms with van der Waals surface area (Å²) in [6.07, 6.45) is 15.6. The van der Waals surface area contributed by atoms with Crippen molar-refractivity contribution >= 4 is 0 Å². The van der Waals surface area contributed by atoms with E-state index in [-0.39, 0.29) is 0 Å². The normalized spacial score (nSPS) is 40.3. The maximum absolute atomic E-state index is 6.60. The van der Waals surface area contributed by atoms with E-state index < -0.39 is 0 Å². The number of rotatable bonds is 3. The highest BCUT2D eigenvalue weighted by Gasteiger charge is 2.42. The SMILES string of the molecule is C1CCC2(CC1)CCC(CN1CCCC1C1CCCN1)O2. The highest BCUT2D eigenvalue weighted by molar-refractivity contribution is 4.96. The van der Waals surface area contributed by atoms with Crippen molar-refractivity contribution in [2.24, 2.45) is 0 Å². The molecule has 0 radical (unpaired) electrons. The zero-order chi connectivity index (χ0) is 14.1. The van der Waals surface area contributed by atoms with Gasteiger partial charge in [0.25, 0.3) is 0 Å². The van der Waals surface area contributed by atoms with Crippen molar-refractivity contribution in [2.75, 3.05) is 19.6 Å². The summed E-state index contributed by atoms with van der Waals surface area (Å²) >= 11 is 0. The van der Waals surface area contributed by atoms with Crippen LogP contribution >= 0.6 is 0 Å². The van der Waals surface area contributed by atoms with E-state index in [0.717, 1.165) is 12.1 Å². The molecule has 3 unspecified atom stereocenters. The van der Waals surface area contributed by atoms with Crippen LogP contribution in [-0.4, -0.2) is 48.3 Å². The topological polar surface area (TPSA) is 24.5 Å². The van der Waals surface area contributed by atoms with E-state index in [9.17, 15) is 0 Å². The van der Waals surface area contributed by atoms with Crippen LogP contribution in [0.4, 0.5) is 0 Å². The summed E-state index contributed by atoms with van der Waals surface area (Å²) < 4.78 is 6.60. The Bertz CT molecular complexity index is 347. The number of nitrogens with zero attached hydrogens (tertiary/aromatic N) is 1. The maximum atomic E-state index is 6.60. The van der Waals surface area contributed by atoms with Gasteiger partial charge in [-0.05, 0) is 64.5 Å². The van der Waals surface area contributed by atoms with E-state index in [1.54, 1.807) is 0 Å². The highest BCUT2D eigenvalue weighted by atomic mass is 16.5. The van der Waals surface area contributed by atoms with Gasteiger partial charge >= 0.3 is 0 Å². The predicted octanol–water partition coefficient (Wildman–Crippen LogP) is 3.08. The molecule has 1 aliphatic carbocycles. The predicted molar refractivity (Wildman–Crippen MR) is 85.5 cm³/mol. The zero-order valence-electron chi connectivity index (χ0n) is 13.5. The minimum absolute atomic E-state index is 0.295. The summed E-state index contributed by atoms with van der Waals surface area (Å²) in [5, 5.41) is 3.73. The Balaban J connectivity index is 1.33. The van der Waals surface area contributed by atoms with Crippen LogP contribution in [0.1, 0.15) is 70.6 Å². The van der Waals surface area contributed by atoms with Crippen LogP contribution in [0.25, 0.3) is 0 Å². The van der Waals surface area contributed by atoms with Gasteiger partial charge in [-0.3, -0.25) is 4.90 Å². The lowest BCUT2D eigenvalue weighted by molar-refractivity contribution is -0.0733. The first-order chi connectivity index (χ1) is 10.3. The molecule has 21 heavy (non-hydrogen) atoms. The van der Waals surface area contributed by atoms with Crippen LogP contribution in [0.15, 0.2) is 0 Å². The first-order valence-corrected chi connectivity index (χ1v) is 9.50. The van der Waals surface area contributed by atoms with Crippen LogP contribution in [0, 0.1) is 0 Å². The first-order valence-electron chi connectivity index (χ1n) is 9.50. The Morgan fingerprint density at radius 3 is 2.67 bits per heavy atom. The minimum atomic E-state index is 0.295. The molecule has 0 aromatic carbocycles. The van der Waals surface area contributed by atoms with Crippen molar-refractivity contribution < 1.29 is 4.74 Å². The van der Waals surface area contributed by atoms with Crippen molar-refractivity contribution in [1.29, 1.82) is 0 Å². The van der Waals surface area contributed by atoms with Gasteiger partial charge in [0.2, 0.25) is 0 Å². The van der Waals surface area contributed by atoms with Crippen LogP contribution in [-0.2, 0) is 4.74 Å². The molecule has 3 saturated heterocycles. The summed E-state index contributed by atoms with van der Waals surface area (Å²) in [6.45, 7) is 3.73. The van der Waals surface area contributed by atoms with Crippen LogP contribution in [0.5, 0.6) is 0 Å². The molecule has 4 aliphatic rings. The van der Waals surface area contributed by atoms with Crippen LogP contribution in [0.2, 0.25) is 0 Å². The molecule has 3 heteroatoms. The molecule has 4 fully saturated rings. The van der Waals surface area contributed by atoms with Crippen LogP contribution < -0.4 is 5.32 Å². The van der Waals surface area contributed by atoms with Gasteiger partial charge in [0, 0.05) is 18.6 Å². The number of likely N-dealkylation sites (tertiary alicyclic amines) is 1. The molecule has 0 aromatic heterocycles. The first kappa shape index (κ1) is 14.5. The van der Waals surface area contributed by atoms with Gasteiger partial charge in [0.15, 0.2) is 0 Å². The molecule has 0 bridgehead atoms. The van der Waals surface area contributed by atoms with Crippen molar-refractivity contribution in [2.45, 2.75) is 94.4 Å². The third-order valence-corrected chi connectivity index (χ3v) is 6.52. The number of ether oxygens (including phenoxy) is 1. The van der Waals surface area contributed by atoms with E-state index >= 15 is 0 Å². The summed E-state index contributed by atoms with van der Waals surface area (Å²) in [5.41, 5.74) is 0.295. The van der Waals surface area contributed by atoms with E-state index in [2.05, 4.69) is 10.2 Å². The molecule has 3 atom stereocenters. The third-order valence-electron chi connectivity index (χ3n) is 6.52. The molecule has 1 saturated carbocycles. The van der Waals surface area contributed by atoms with Crippen molar-refractivity contribution in [1.82, 2.24) is 10.2 Å². The van der Waals surface area contributed by atoms with Gasteiger partial charge in [0.05, 0.1) is 11.7 Å². The molecule has 0 aromatic rings. The van der Waals surface area contributed by atoms with Gasteiger partial charge in [0.1, 0.15) is 0 Å². The van der Waals surface area contributed by atoms with Crippen molar-refractivity contribution in [3.8, 4) is 0 Å². The lowest BCUT2D eigenvalue weighted by atomic mass is 9.83. The summed E-state index contributed by atoms with van der Waals surface area (Å²) in [4.78, 5) is 2.76. The van der Waals surface area contributed by atoms with E-state index in [1.807, 2.05) is 0 Å². The number of hydrogen-bond acceptors (Lipinski definition) is 3. The molecular formula is C18H32N2O. The van der Waals surface area contributed by atoms with E-state index in [4.69, 9.17) is 4.74 Å². The molecule has 3 aliphatic heterocycles. The summed E-state index contributed by atoms with van der Waals surface area (Å²) in [5.74, 6) is 0. The molecule has 1 N–H and O–H groups in total. The van der Waals surface area contributed by atoms with Crippen LogP contribution in [0.3, 0.4) is 0 Å². The molecule has 3 heterocycles. The second-order valence-electron chi connectivity index (χ2n) is 7.93. The largest absolute Gasteiger partial charge is 0.370 e. The maximum Gasteiger partial charge on any atom is 0.0710 e. The lowest BCUT2D eigenvalue weighted by Crippen LogP contribution is -2.46. The monoisotopic (exact) mass is 292 g/mol. The second kappa shape index (κ2) is 6.17. The van der Waals surface area contributed by atoms with Crippen molar-refractivity contribution in [3.63, 3.8) is 0 Å². The summed E-state index contributed by atoms with van der Waals surface area (Å²) in [6, 6.07) is 1.55. The molecule has 0 amide bonds. The molecule has 120 valence electrons. The standard InChI is InChI=1S/C18H32N2O/c1-2-9-18(10-3-1)11-8-15(21-18)14-20-13-5-7-17(20)16-6-4-12-19-16/h15-17,19H,1-14H2. The fourth-order valence-electron chi connectivity index (χ4n) is 5.42. The Labute approximate surface area is 129 Å². The second-order valence-corrected chi connectivity index (χ2v) is 7.93. The van der Waals surface area contributed by atoms with Gasteiger partial charge in [-0.25, -0.2) is 0 Å². The quantitative estimate of drug-likeness (QED) is 0.865. The summed E-state index contributed by atoms with van der Waals surface area (Å²) in [7, 11) is 0.